The predicted octanol–water partition coefficient (Wildman–Crippen LogP) is 3.18. The number of carbonyl (C=O) groups excluding carboxylic acids is 1. The third-order valence-electron chi connectivity index (χ3n) is 3.90. The fourth-order valence-electron chi connectivity index (χ4n) is 2.46. The van der Waals surface area contributed by atoms with Gasteiger partial charge in [0.1, 0.15) is 11.3 Å². The lowest BCUT2D eigenvalue weighted by molar-refractivity contribution is -0.133. The van der Waals surface area contributed by atoms with Crippen molar-refractivity contribution in [2.45, 2.75) is 6.42 Å². The van der Waals surface area contributed by atoms with Crippen LogP contribution in [0, 0.1) is 0 Å². The second kappa shape index (κ2) is 10.0. The fraction of sp³-hybridized carbons (Fsp3) is 0.286. The Morgan fingerprint density at radius 3 is 2.41 bits per heavy atom. The molecule has 27 heavy (non-hydrogen) atoms. The van der Waals surface area contributed by atoms with Crippen LogP contribution in [0.3, 0.4) is 0 Å². The van der Waals surface area contributed by atoms with E-state index < -0.39 is 5.97 Å². The molecular formula is C21H23NO5. The molecule has 0 aliphatic carbocycles. The second-order valence-electron chi connectivity index (χ2n) is 5.53. The molecule has 0 fully saturated rings. The summed E-state index contributed by atoms with van der Waals surface area (Å²) in [5, 5.41) is 0. The van der Waals surface area contributed by atoms with E-state index >= 15 is 0 Å². The standard InChI is InChI=1S/C21H23NO5/c1-24-17-7-5-6-16(13-17)18(21(23)27-4)14-22-11-10-15-8-9-19(25-2)20(12-15)26-3/h5-9,12-13H,10-11H2,1-4H3. The number of hydrogen-bond acceptors (Lipinski definition) is 6. The van der Waals surface area contributed by atoms with Gasteiger partial charge in [-0.2, -0.15) is 0 Å². The van der Waals surface area contributed by atoms with E-state index in [2.05, 4.69) is 10.9 Å². The first-order valence-corrected chi connectivity index (χ1v) is 8.36. The van der Waals surface area contributed by atoms with E-state index in [1.807, 2.05) is 18.2 Å². The molecule has 0 saturated heterocycles. The topological polar surface area (TPSA) is 66.4 Å². The van der Waals surface area contributed by atoms with Gasteiger partial charge >= 0.3 is 5.97 Å². The van der Waals surface area contributed by atoms with Crippen LogP contribution in [0.25, 0.3) is 5.57 Å². The van der Waals surface area contributed by atoms with Crippen LogP contribution in [-0.4, -0.2) is 46.8 Å². The highest BCUT2D eigenvalue weighted by Gasteiger charge is 2.13. The summed E-state index contributed by atoms with van der Waals surface area (Å²) in [6.45, 7) is 0.458. The fourth-order valence-corrected chi connectivity index (χ4v) is 2.46. The number of benzene rings is 2. The van der Waals surface area contributed by atoms with Crippen molar-refractivity contribution >= 4 is 17.4 Å². The summed E-state index contributed by atoms with van der Waals surface area (Å²) in [5.74, 6) is 4.30. The lowest BCUT2D eigenvalue weighted by atomic mass is 10.1. The third kappa shape index (κ3) is 5.36. The van der Waals surface area contributed by atoms with E-state index in [0.717, 1.165) is 5.56 Å². The molecule has 2 rings (SSSR count). The maximum absolute atomic E-state index is 12.1. The van der Waals surface area contributed by atoms with Gasteiger partial charge in [0.15, 0.2) is 11.5 Å². The smallest absolute Gasteiger partial charge is 0.348 e. The van der Waals surface area contributed by atoms with E-state index in [-0.39, 0.29) is 5.57 Å². The molecule has 6 nitrogen and oxygen atoms in total. The van der Waals surface area contributed by atoms with Crippen LogP contribution in [-0.2, 0) is 16.0 Å². The van der Waals surface area contributed by atoms with Crippen molar-refractivity contribution in [3.63, 3.8) is 0 Å². The molecule has 0 spiro atoms. The molecule has 0 saturated carbocycles. The summed E-state index contributed by atoms with van der Waals surface area (Å²) in [7, 11) is 6.09. The number of nitrogens with zero attached hydrogens (tertiary/aromatic N) is 1. The van der Waals surface area contributed by atoms with Crippen molar-refractivity contribution in [1.29, 1.82) is 0 Å². The molecule has 0 unspecified atom stereocenters. The minimum absolute atomic E-state index is 0.253. The number of carbonyl (C=O) groups is 1. The Labute approximate surface area is 159 Å². The Bertz CT molecular complexity index is 853. The lowest BCUT2D eigenvalue weighted by Crippen LogP contribution is -2.05. The Morgan fingerprint density at radius 2 is 1.74 bits per heavy atom. The average molecular weight is 369 g/mol. The number of hydrogen-bond donors (Lipinski definition) is 0. The van der Waals surface area contributed by atoms with Crippen molar-refractivity contribution in [3.8, 4) is 17.2 Å². The third-order valence-corrected chi connectivity index (χ3v) is 3.90. The highest BCUT2D eigenvalue weighted by molar-refractivity contribution is 6.25. The summed E-state index contributed by atoms with van der Waals surface area (Å²) in [6.07, 6.45) is 0.667. The van der Waals surface area contributed by atoms with Crippen molar-refractivity contribution in [3.05, 3.63) is 53.6 Å². The van der Waals surface area contributed by atoms with Gasteiger partial charge < -0.3 is 18.9 Å². The number of esters is 1. The van der Waals surface area contributed by atoms with Gasteiger partial charge in [-0.1, -0.05) is 18.2 Å². The number of rotatable bonds is 8. The molecule has 0 atom stereocenters. The largest absolute Gasteiger partial charge is 0.497 e. The van der Waals surface area contributed by atoms with Crippen LogP contribution in [0.2, 0.25) is 0 Å². The van der Waals surface area contributed by atoms with E-state index in [1.165, 1.54) is 7.11 Å². The molecule has 6 heteroatoms. The zero-order chi connectivity index (χ0) is 19.6. The normalized spacial score (nSPS) is 9.78. The maximum Gasteiger partial charge on any atom is 0.348 e. The van der Waals surface area contributed by atoms with Gasteiger partial charge in [-0.25, -0.2) is 9.79 Å². The molecule has 2 aromatic rings. The molecular weight excluding hydrogens is 346 g/mol. The van der Waals surface area contributed by atoms with E-state index in [4.69, 9.17) is 18.9 Å². The molecule has 0 radical (unpaired) electrons. The van der Waals surface area contributed by atoms with Gasteiger partial charge in [-0.15, -0.1) is 0 Å². The van der Waals surface area contributed by atoms with Gasteiger partial charge in [-0.3, -0.25) is 0 Å². The van der Waals surface area contributed by atoms with Gasteiger partial charge in [0.25, 0.3) is 0 Å². The molecule has 0 aliphatic rings. The zero-order valence-corrected chi connectivity index (χ0v) is 15.9. The van der Waals surface area contributed by atoms with Crippen LogP contribution >= 0.6 is 0 Å². The molecule has 0 N–H and O–H groups in total. The van der Waals surface area contributed by atoms with E-state index in [0.29, 0.717) is 35.8 Å². The maximum atomic E-state index is 12.1. The monoisotopic (exact) mass is 369 g/mol. The highest BCUT2D eigenvalue weighted by atomic mass is 16.5. The van der Waals surface area contributed by atoms with Crippen molar-refractivity contribution in [1.82, 2.24) is 0 Å². The quantitative estimate of drug-likeness (QED) is 0.406. The summed E-state index contributed by atoms with van der Waals surface area (Å²) in [6, 6.07) is 12.8. The predicted molar refractivity (Wildman–Crippen MR) is 104 cm³/mol. The van der Waals surface area contributed by atoms with Crippen molar-refractivity contribution in [2.24, 2.45) is 4.99 Å². The zero-order valence-electron chi connectivity index (χ0n) is 15.9. The van der Waals surface area contributed by atoms with Crippen molar-refractivity contribution in [2.75, 3.05) is 35.0 Å². The second-order valence-corrected chi connectivity index (χ2v) is 5.53. The van der Waals surface area contributed by atoms with Crippen LogP contribution in [0.4, 0.5) is 0 Å². The molecule has 0 aromatic heterocycles. The summed E-state index contributed by atoms with van der Waals surface area (Å²) < 4.78 is 20.6. The number of aliphatic imine (C=N–C) groups is 1. The van der Waals surface area contributed by atoms with Gasteiger partial charge in [0.2, 0.25) is 0 Å². The Hall–Kier alpha value is -3.24. The molecule has 0 amide bonds. The summed E-state index contributed by atoms with van der Waals surface area (Å²) in [5.41, 5.74) is 1.93. The first-order chi connectivity index (χ1) is 13.1. The minimum Gasteiger partial charge on any atom is -0.497 e. The lowest BCUT2D eigenvalue weighted by Gasteiger charge is -2.08. The van der Waals surface area contributed by atoms with Crippen molar-refractivity contribution < 1.29 is 23.7 Å². The van der Waals surface area contributed by atoms with Crippen LogP contribution < -0.4 is 14.2 Å². The van der Waals surface area contributed by atoms with Gasteiger partial charge in [0, 0.05) is 5.56 Å². The molecule has 142 valence electrons. The number of ether oxygens (including phenoxy) is 4. The molecule has 0 aliphatic heterocycles. The molecule has 2 aromatic carbocycles. The summed E-state index contributed by atoms with van der Waals surface area (Å²) in [4.78, 5) is 16.3. The van der Waals surface area contributed by atoms with Gasteiger partial charge in [0.05, 0.1) is 35.0 Å². The molecule has 0 bridgehead atoms. The van der Waals surface area contributed by atoms with Crippen LogP contribution in [0.15, 0.2) is 47.5 Å². The highest BCUT2D eigenvalue weighted by Crippen LogP contribution is 2.27. The Kier molecular flexibility index (Phi) is 7.47. The van der Waals surface area contributed by atoms with Crippen LogP contribution in [0.1, 0.15) is 11.1 Å². The average Bonchev–Trinajstić information content (AvgIpc) is 2.73. The van der Waals surface area contributed by atoms with E-state index in [9.17, 15) is 4.79 Å². The SMILES string of the molecule is COC(=O)C(=C=NCCc1ccc(OC)c(OC)c1)c1cccc(OC)c1. The van der Waals surface area contributed by atoms with Crippen LogP contribution in [0.5, 0.6) is 17.2 Å². The number of methoxy groups -OCH3 is 4. The molecule has 0 heterocycles. The first-order valence-electron chi connectivity index (χ1n) is 8.36. The van der Waals surface area contributed by atoms with E-state index in [1.54, 1.807) is 45.6 Å². The Morgan fingerprint density at radius 1 is 0.963 bits per heavy atom. The van der Waals surface area contributed by atoms with Gasteiger partial charge in [-0.05, 0) is 42.1 Å². The Balaban J connectivity index is 2.19. The summed E-state index contributed by atoms with van der Waals surface area (Å²) >= 11 is 0. The first kappa shape index (κ1) is 20.1. The minimum atomic E-state index is -0.502.